The average Bonchev–Trinajstić information content (AvgIpc) is 3.65. The summed E-state index contributed by atoms with van der Waals surface area (Å²) in [6.45, 7) is 0. The van der Waals surface area contributed by atoms with Crippen LogP contribution in [-0.2, 0) is 0 Å². The molecule has 0 aliphatic carbocycles. The van der Waals surface area contributed by atoms with Crippen LogP contribution in [0.5, 0.6) is 0 Å². The van der Waals surface area contributed by atoms with Crippen LogP contribution in [0.15, 0.2) is 224 Å². The first-order chi connectivity index (χ1) is 28.7. The molecule has 0 aliphatic heterocycles. The smallest absolute Gasteiger partial charge is 0.0540 e. The maximum atomic E-state index is 2.40. The molecule has 0 radical (unpaired) electrons. The number of hydrogen-bond donors (Lipinski definition) is 0. The summed E-state index contributed by atoms with van der Waals surface area (Å²) in [5, 5.41) is 7.70. The maximum absolute atomic E-state index is 2.40. The first kappa shape index (κ1) is 34.0. The Balaban J connectivity index is 0.980. The molecule has 58 heavy (non-hydrogen) atoms. The van der Waals surface area contributed by atoms with E-state index in [0.717, 1.165) is 17.1 Å². The molecule has 1 nitrogen and oxygen atoms in total. The molecule has 0 saturated heterocycles. The van der Waals surface area contributed by atoms with E-state index < -0.39 is 0 Å². The van der Waals surface area contributed by atoms with Crippen molar-refractivity contribution in [2.24, 2.45) is 0 Å². The topological polar surface area (TPSA) is 3.24 Å². The Hall–Kier alpha value is -7.26. The van der Waals surface area contributed by atoms with Gasteiger partial charge in [0.05, 0.1) is 5.69 Å². The van der Waals surface area contributed by atoms with E-state index in [4.69, 9.17) is 0 Å². The molecule has 0 saturated carbocycles. The number of hydrogen-bond acceptors (Lipinski definition) is 2. The van der Waals surface area contributed by atoms with Crippen molar-refractivity contribution in [3.05, 3.63) is 224 Å². The van der Waals surface area contributed by atoms with Crippen molar-refractivity contribution >= 4 is 70.1 Å². The molecule has 0 atom stereocenters. The lowest BCUT2D eigenvalue weighted by atomic mass is 9.98. The molecule has 0 unspecified atom stereocenters. The normalized spacial score (nSPS) is 11.4. The Morgan fingerprint density at radius 1 is 0.276 bits per heavy atom. The van der Waals surface area contributed by atoms with Crippen LogP contribution in [0.25, 0.3) is 86.2 Å². The standard InChI is InChI=1S/C56H37NS/c1-2-10-38(11-3-1)40-18-20-41(21-19-40)42-24-29-49(30-25-42)57(54-17-9-8-16-51(54)48-23-22-39-12-4-5-13-44(39)34-48)50-31-26-43(27-32-50)47-28-33-52-53-35-45-14-6-7-15-46(45)36-56(53)58-55(52)37-47/h1-37H. The number of nitrogens with zero attached hydrogens (tertiary/aromatic N) is 1. The van der Waals surface area contributed by atoms with Gasteiger partial charge in [-0.3, -0.25) is 0 Å². The van der Waals surface area contributed by atoms with Crippen molar-refractivity contribution < 1.29 is 0 Å². The molecule has 1 aromatic heterocycles. The van der Waals surface area contributed by atoms with Gasteiger partial charge in [0, 0.05) is 37.1 Å². The molecular weight excluding hydrogens is 719 g/mol. The molecule has 0 fully saturated rings. The van der Waals surface area contributed by atoms with E-state index in [1.54, 1.807) is 0 Å². The van der Waals surface area contributed by atoms with Crippen molar-refractivity contribution in [3.63, 3.8) is 0 Å². The summed E-state index contributed by atoms with van der Waals surface area (Å²) in [5.41, 5.74) is 13.0. The van der Waals surface area contributed by atoms with E-state index in [9.17, 15) is 0 Å². The fourth-order valence-corrected chi connectivity index (χ4v) is 9.61. The summed E-state index contributed by atoms with van der Waals surface area (Å²) < 4.78 is 2.64. The molecule has 11 aromatic rings. The Bertz CT molecular complexity index is 3250. The maximum Gasteiger partial charge on any atom is 0.0540 e. The summed E-state index contributed by atoms with van der Waals surface area (Å²) in [7, 11) is 0. The van der Waals surface area contributed by atoms with Gasteiger partial charge in [0.2, 0.25) is 0 Å². The second-order valence-electron chi connectivity index (χ2n) is 15.0. The van der Waals surface area contributed by atoms with Crippen LogP contribution in [0.3, 0.4) is 0 Å². The number of rotatable bonds is 7. The van der Waals surface area contributed by atoms with E-state index in [0.29, 0.717) is 0 Å². The van der Waals surface area contributed by atoms with Crippen LogP contribution in [0, 0.1) is 0 Å². The number of benzene rings is 10. The number of anilines is 3. The molecule has 11 rings (SSSR count). The zero-order valence-corrected chi connectivity index (χ0v) is 32.5. The Kier molecular flexibility index (Phi) is 8.42. The lowest BCUT2D eigenvalue weighted by Gasteiger charge is -2.28. The zero-order valence-electron chi connectivity index (χ0n) is 31.7. The third-order valence-corrected chi connectivity index (χ3v) is 12.6. The summed E-state index contributed by atoms with van der Waals surface area (Å²) in [6.07, 6.45) is 0. The highest BCUT2D eigenvalue weighted by atomic mass is 32.1. The Morgan fingerprint density at radius 2 is 0.741 bits per heavy atom. The number of fused-ring (bicyclic) bond motifs is 5. The van der Waals surface area contributed by atoms with Crippen LogP contribution in [0.2, 0.25) is 0 Å². The second kappa shape index (κ2) is 14.4. The Morgan fingerprint density at radius 3 is 1.41 bits per heavy atom. The van der Waals surface area contributed by atoms with Gasteiger partial charge in [-0.1, -0.05) is 170 Å². The number of thiophene rings is 1. The van der Waals surface area contributed by atoms with E-state index >= 15 is 0 Å². The highest BCUT2D eigenvalue weighted by Gasteiger charge is 2.18. The van der Waals surface area contributed by atoms with Crippen LogP contribution in [-0.4, -0.2) is 0 Å². The van der Waals surface area contributed by atoms with Gasteiger partial charge < -0.3 is 4.90 Å². The lowest BCUT2D eigenvalue weighted by molar-refractivity contribution is 1.28. The van der Waals surface area contributed by atoms with Crippen molar-refractivity contribution in [1.29, 1.82) is 0 Å². The SMILES string of the molecule is c1ccc(-c2ccc(-c3ccc(N(c4ccc(-c5ccc6c(c5)sc5cc7ccccc7cc56)cc4)c4ccccc4-c4ccc5ccccc5c4)cc3)cc2)cc1. The monoisotopic (exact) mass is 755 g/mol. The minimum atomic E-state index is 1.10. The molecular formula is C56H37NS. The van der Waals surface area contributed by atoms with Crippen LogP contribution < -0.4 is 4.90 Å². The van der Waals surface area contributed by atoms with Crippen LogP contribution in [0.4, 0.5) is 17.1 Å². The van der Waals surface area contributed by atoms with Crippen molar-refractivity contribution in [1.82, 2.24) is 0 Å². The van der Waals surface area contributed by atoms with Crippen molar-refractivity contribution in [3.8, 4) is 44.5 Å². The van der Waals surface area contributed by atoms with Gasteiger partial charge >= 0.3 is 0 Å². The first-order valence-electron chi connectivity index (χ1n) is 19.8. The second-order valence-corrected chi connectivity index (χ2v) is 16.0. The van der Waals surface area contributed by atoms with E-state index in [1.165, 1.54) is 86.2 Å². The highest BCUT2D eigenvalue weighted by Crippen LogP contribution is 2.43. The molecule has 1 heterocycles. The highest BCUT2D eigenvalue weighted by molar-refractivity contribution is 7.25. The quantitative estimate of drug-likeness (QED) is 0.157. The summed E-state index contributed by atoms with van der Waals surface area (Å²) in [4.78, 5) is 2.40. The van der Waals surface area contributed by atoms with Gasteiger partial charge in [0.25, 0.3) is 0 Å². The zero-order chi connectivity index (χ0) is 38.4. The van der Waals surface area contributed by atoms with E-state index in [-0.39, 0.29) is 0 Å². The third-order valence-electron chi connectivity index (χ3n) is 11.5. The molecule has 0 spiro atoms. The molecule has 0 N–H and O–H groups in total. The fraction of sp³-hybridized carbons (Fsp3) is 0. The van der Waals surface area contributed by atoms with Crippen molar-refractivity contribution in [2.75, 3.05) is 4.90 Å². The van der Waals surface area contributed by atoms with E-state index in [1.807, 2.05) is 11.3 Å². The van der Waals surface area contributed by atoms with Gasteiger partial charge in [0.1, 0.15) is 0 Å². The van der Waals surface area contributed by atoms with Crippen molar-refractivity contribution in [2.45, 2.75) is 0 Å². The lowest BCUT2D eigenvalue weighted by Crippen LogP contribution is -2.11. The first-order valence-corrected chi connectivity index (χ1v) is 20.6. The predicted octanol–water partition coefficient (Wildman–Crippen LogP) is 16.5. The fourth-order valence-electron chi connectivity index (χ4n) is 8.43. The van der Waals surface area contributed by atoms with E-state index in [2.05, 4.69) is 229 Å². The Labute approximate surface area is 342 Å². The van der Waals surface area contributed by atoms with Gasteiger partial charge in [-0.05, 0) is 115 Å². The average molecular weight is 756 g/mol. The third kappa shape index (κ3) is 6.21. The largest absolute Gasteiger partial charge is 0.310 e. The van der Waals surface area contributed by atoms with Gasteiger partial charge in [-0.15, -0.1) is 11.3 Å². The molecule has 0 amide bonds. The van der Waals surface area contributed by atoms with Crippen LogP contribution in [0.1, 0.15) is 0 Å². The summed E-state index contributed by atoms with van der Waals surface area (Å²) in [6, 6.07) is 81.9. The summed E-state index contributed by atoms with van der Waals surface area (Å²) >= 11 is 1.88. The molecule has 272 valence electrons. The van der Waals surface area contributed by atoms with Gasteiger partial charge in [-0.2, -0.15) is 0 Å². The molecule has 10 aromatic carbocycles. The molecule has 0 aliphatic rings. The minimum absolute atomic E-state index is 1.10. The summed E-state index contributed by atoms with van der Waals surface area (Å²) in [5.74, 6) is 0. The molecule has 0 bridgehead atoms. The number of para-hydroxylation sites is 1. The van der Waals surface area contributed by atoms with Gasteiger partial charge in [-0.25, -0.2) is 0 Å². The van der Waals surface area contributed by atoms with Gasteiger partial charge in [0.15, 0.2) is 0 Å². The minimum Gasteiger partial charge on any atom is -0.310 e. The van der Waals surface area contributed by atoms with Crippen LogP contribution >= 0.6 is 11.3 Å². The molecule has 2 heteroatoms. The predicted molar refractivity (Wildman–Crippen MR) is 251 cm³/mol.